The van der Waals surface area contributed by atoms with Crippen LogP contribution in [0.3, 0.4) is 0 Å². The third-order valence-corrected chi connectivity index (χ3v) is 3.37. The Morgan fingerprint density at radius 3 is 2.56 bits per heavy atom. The molecule has 7 heteroatoms. The maximum Gasteiger partial charge on any atom is 0.387 e. The molecular formula is C18H13F2NO4. The molecule has 0 fully saturated rings. The quantitative estimate of drug-likeness (QED) is 0.613. The Bertz CT molecular complexity index is 847. The van der Waals surface area contributed by atoms with E-state index in [0.29, 0.717) is 5.56 Å². The number of hydrogen-bond donors (Lipinski definition) is 0. The average Bonchev–Trinajstić information content (AvgIpc) is 2.97. The van der Waals surface area contributed by atoms with Gasteiger partial charge in [0.05, 0.1) is 7.11 Å². The standard InChI is InChI=1S/C18H13F2NO4/c1-23-14-9-5-8-12(15(14)24-18(19)20)10-13-17(22)25-16(21-13)11-6-3-2-4-7-11/h2-10,18H,1H3/b13-10-. The minimum Gasteiger partial charge on any atom is -0.493 e. The van der Waals surface area contributed by atoms with Crippen molar-refractivity contribution in [1.29, 1.82) is 0 Å². The van der Waals surface area contributed by atoms with Gasteiger partial charge >= 0.3 is 12.6 Å². The number of carbonyl (C=O) groups is 1. The van der Waals surface area contributed by atoms with Crippen LogP contribution in [0.15, 0.2) is 59.2 Å². The van der Waals surface area contributed by atoms with Crippen LogP contribution in [-0.4, -0.2) is 25.6 Å². The topological polar surface area (TPSA) is 57.1 Å². The van der Waals surface area contributed by atoms with Crippen LogP contribution in [-0.2, 0) is 9.53 Å². The number of hydrogen-bond acceptors (Lipinski definition) is 5. The summed E-state index contributed by atoms with van der Waals surface area (Å²) in [5, 5.41) is 0. The second-order valence-electron chi connectivity index (χ2n) is 4.96. The fourth-order valence-corrected chi connectivity index (χ4v) is 2.28. The molecule has 0 spiro atoms. The van der Waals surface area contributed by atoms with E-state index in [0.717, 1.165) is 0 Å². The van der Waals surface area contributed by atoms with Crippen molar-refractivity contribution in [3.8, 4) is 11.5 Å². The number of aliphatic imine (C=N–C) groups is 1. The number of methoxy groups -OCH3 is 1. The molecule has 1 heterocycles. The predicted molar refractivity (Wildman–Crippen MR) is 86.7 cm³/mol. The van der Waals surface area contributed by atoms with Gasteiger partial charge in [0.15, 0.2) is 17.2 Å². The molecule has 25 heavy (non-hydrogen) atoms. The molecule has 1 aliphatic heterocycles. The zero-order valence-electron chi connectivity index (χ0n) is 13.1. The van der Waals surface area contributed by atoms with E-state index in [-0.39, 0.29) is 28.7 Å². The fourth-order valence-electron chi connectivity index (χ4n) is 2.28. The van der Waals surface area contributed by atoms with Crippen LogP contribution in [0, 0.1) is 0 Å². The van der Waals surface area contributed by atoms with E-state index < -0.39 is 12.6 Å². The van der Waals surface area contributed by atoms with Gasteiger partial charge in [-0.05, 0) is 24.3 Å². The number of cyclic esters (lactones) is 1. The van der Waals surface area contributed by atoms with Gasteiger partial charge in [0, 0.05) is 11.1 Å². The lowest BCUT2D eigenvalue weighted by atomic mass is 10.1. The van der Waals surface area contributed by atoms with Gasteiger partial charge < -0.3 is 14.2 Å². The van der Waals surface area contributed by atoms with Crippen LogP contribution < -0.4 is 9.47 Å². The number of halogens is 2. The Kier molecular flexibility index (Phi) is 4.74. The lowest BCUT2D eigenvalue weighted by Gasteiger charge is -2.12. The first-order valence-electron chi connectivity index (χ1n) is 7.28. The SMILES string of the molecule is COc1cccc(/C=C2\N=C(c3ccccc3)OC2=O)c1OC(F)F. The van der Waals surface area contributed by atoms with Crippen molar-refractivity contribution in [2.45, 2.75) is 6.61 Å². The molecule has 5 nitrogen and oxygen atoms in total. The molecule has 0 atom stereocenters. The smallest absolute Gasteiger partial charge is 0.387 e. The summed E-state index contributed by atoms with van der Waals surface area (Å²) in [4.78, 5) is 16.2. The van der Waals surface area contributed by atoms with Gasteiger partial charge in [0.1, 0.15) is 0 Å². The summed E-state index contributed by atoms with van der Waals surface area (Å²) >= 11 is 0. The average molecular weight is 345 g/mol. The van der Waals surface area contributed by atoms with E-state index in [2.05, 4.69) is 9.73 Å². The van der Waals surface area contributed by atoms with E-state index in [9.17, 15) is 13.6 Å². The van der Waals surface area contributed by atoms with Gasteiger partial charge in [-0.3, -0.25) is 0 Å². The van der Waals surface area contributed by atoms with Crippen molar-refractivity contribution in [2.75, 3.05) is 7.11 Å². The molecule has 0 bridgehead atoms. The highest BCUT2D eigenvalue weighted by molar-refractivity contribution is 6.12. The summed E-state index contributed by atoms with van der Waals surface area (Å²) in [6.45, 7) is -3.03. The molecule has 0 saturated carbocycles. The van der Waals surface area contributed by atoms with Crippen LogP contribution in [0.25, 0.3) is 6.08 Å². The van der Waals surface area contributed by atoms with Crippen LogP contribution in [0.4, 0.5) is 8.78 Å². The molecular weight excluding hydrogens is 332 g/mol. The van der Waals surface area contributed by atoms with Gasteiger partial charge in [-0.1, -0.05) is 30.3 Å². The molecule has 3 rings (SSSR count). The number of para-hydroxylation sites is 1. The molecule has 2 aromatic carbocycles. The molecule has 0 saturated heterocycles. The second-order valence-corrected chi connectivity index (χ2v) is 4.96. The first-order chi connectivity index (χ1) is 12.1. The Balaban J connectivity index is 2.00. The lowest BCUT2D eigenvalue weighted by molar-refractivity contribution is -0.129. The molecule has 0 N–H and O–H groups in total. The molecule has 0 amide bonds. The number of ether oxygens (including phenoxy) is 3. The van der Waals surface area contributed by atoms with Crippen molar-refractivity contribution in [3.05, 3.63) is 65.4 Å². The first-order valence-corrected chi connectivity index (χ1v) is 7.28. The predicted octanol–water partition coefficient (Wildman–Crippen LogP) is 3.64. The van der Waals surface area contributed by atoms with Gasteiger partial charge in [-0.15, -0.1) is 0 Å². The van der Waals surface area contributed by atoms with Crippen molar-refractivity contribution >= 4 is 17.9 Å². The third kappa shape index (κ3) is 3.65. The molecule has 0 aliphatic carbocycles. The number of rotatable bonds is 5. The van der Waals surface area contributed by atoms with E-state index in [1.165, 1.54) is 25.3 Å². The highest BCUT2D eigenvalue weighted by Gasteiger charge is 2.25. The van der Waals surface area contributed by atoms with Gasteiger partial charge in [0.2, 0.25) is 5.90 Å². The van der Waals surface area contributed by atoms with E-state index in [1.54, 1.807) is 30.3 Å². The maximum absolute atomic E-state index is 12.7. The molecule has 0 radical (unpaired) electrons. The zero-order valence-corrected chi connectivity index (χ0v) is 13.1. The zero-order chi connectivity index (χ0) is 17.8. The number of esters is 1. The normalized spacial score (nSPS) is 15.3. The minimum absolute atomic E-state index is 0.0220. The maximum atomic E-state index is 12.7. The minimum atomic E-state index is -3.03. The van der Waals surface area contributed by atoms with Crippen molar-refractivity contribution < 1.29 is 27.8 Å². The van der Waals surface area contributed by atoms with Crippen LogP contribution in [0.1, 0.15) is 11.1 Å². The summed E-state index contributed by atoms with van der Waals surface area (Å²) in [6, 6.07) is 13.4. The lowest BCUT2D eigenvalue weighted by Crippen LogP contribution is -2.06. The fraction of sp³-hybridized carbons (Fsp3) is 0.111. The van der Waals surface area contributed by atoms with Crippen LogP contribution in [0.5, 0.6) is 11.5 Å². The summed E-state index contributed by atoms with van der Waals surface area (Å²) in [5.74, 6) is -0.585. The first kappa shape index (κ1) is 16.6. The number of alkyl halides is 2. The molecule has 0 aromatic heterocycles. The molecule has 128 valence electrons. The van der Waals surface area contributed by atoms with Crippen LogP contribution >= 0.6 is 0 Å². The number of carbonyl (C=O) groups excluding carboxylic acids is 1. The Morgan fingerprint density at radius 2 is 1.88 bits per heavy atom. The third-order valence-electron chi connectivity index (χ3n) is 3.37. The highest BCUT2D eigenvalue weighted by Crippen LogP contribution is 2.34. The highest BCUT2D eigenvalue weighted by atomic mass is 19.3. The summed E-state index contributed by atoms with van der Waals surface area (Å²) in [5.41, 5.74) is 0.838. The summed E-state index contributed by atoms with van der Waals surface area (Å²) < 4.78 is 40.0. The van der Waals surface area contributed by atoms with Crippen molar-refractivity contribution in [2.24, 2.45) is 4.99 Å². The van der Waals surface area contributed by atoms with Crippen molar-refractivity contribution in [1.82, 2.24) is 0 Å². The Morgan fingerprint density at radius 1 is 1.12 bits per heavy atom. The monoisotopic (exact) mass is 345 g/mol. The molecule has 1 aliphatic rings. The number of benzene rings is 2. The van der Waals surface area contributed by atoms with Crippen LogP contribution in [0.2, 0.25) is 0 Å². The van der Waals surface area contributed by atoms with Gasteiger partial charge in [-0.25, -0.2) is 9.79 Å². The summed E-state index contributed by atoms with van der Waals surface area (Å²) in [6.07, 6.45) is 1.32. The van der Waals surface area contributed by atoms with Gasteiger partial charge in [0.25, 0.3) is 0 Å². The van der Waals surface area contributed by atoms with Gasteiger partial charge in [-0.2, -0.15) is 8.78 Å². The largest absolute Gasteiger partial charge is 0.493 e. The Hall–Kier alpha value is -3.22. The molecule has 0 unspecified atom stereocenters. The second kappa shape index (κ2) is 7.12. The van der Waals surface area contributed by atoms with E-state index >= 15 is 0 Å². The number of nitrogens with zero attached hydrogens (tertiary/aromatic N) is 1. The summed E-state index contributed by atoms with van der Waals surface area (Å²) in [7, 11) is 1.33. The van der Waals surface area contributed by atoms with E-state index in [1.807, 2.05) is 6.07 Å². The van der Waals surface area contributed by atoms with E-state index in [4.69, 9.17) is 9.47 Å². The van der Waals surface area contributed by atoms with Crippen molar-refractivity contribution in [3.63, 3.8) is 0 Å². The Labute approximate surface area is 142 Å². The molecule has 2 aromatic rings.